The van der Waals surface area contributed by atoms with Gasteiger partial charge < -0.3 is 19.9 Å². The molecule has 0 aromatic carbocycles. The third-order valence-electron chi connectivity index (χ3n) is 4.02. The Morgan fingerprint density at radius 2 is 2.26 bits per heavy atom. The minimum absolute atomic E-state index is 0.175. The summed E-state index contributed by atoms with van der Waals surface area (Å²) in [5.41, 5.74) is 0. The van der Waals surface area contributed by atoms with Crippen LogP contribution in [0.3, 0.4) is 0 Å². The molecule has 0 bridgehead atoms. The van der Waals surface area contributed by atoms with Crippen molar-refractivity contribution >= 4 is 6.03 Å². The number of rotatable bonds is 5. The fraction of sp³-hybridized carbons (Fsp3) is 0.929. The molecule has 2 amide bonds. The summed E-state index contributed by atoms with van der Waals surface area (Å²) in [7, 11) is 1.92. The highest BCUT2D eigenvalue weighted by Gasteiger charge is 2.34. The Hall–Kier alpha value is -0.810. The minimum Gasteiger partial charge on any atom is -0.376 e. The number of nitrogens with one attached hydrogen (secondary N) is 1. The summed E-state index contributed by atoms with van der Waals surface area (Å²) in [6.45, 7) is 8.74. The molecule has 5 heteroatoms. The molecule has 2 atom stereocenters. The van der Waals surface area contributed by atoms with Gasteiger partial charge in [-0.3, -0.25) is 0 Å². The molecule has 1 N–H and O–H groups in total. The van der Waals surface area contributed by atoms with Crippen molar-refractivity contribution in [3.05, 3.63) is 0 Å². The van der Waals surface area contributed by atoms with E-state index in [0.717, 1.165) is 45.6 Å². The second kappa shape index (κ2) is 6.57. The summed E-state index contributed by atoms with van der Waals surface area (Å²) < 4.78 is 5.68. The number of ether oxygens (including phenoxy) is 1. The maximum atomic E-state index is 12.2. The standard InChI is InChI=1S/C14H27N3O2/c1-11(2)8-12-10-17(14(18)16(12)3)6-4-13-9-15-5-7-19-13/h11-13,15H,4-10H2,1-3H3. The number of hydrogen-bond donors (Lipinski definition) is 1. The highest BCUT2D eigenvalue weighted by atomic mass is 16.5. The summed E-state index contributed by atoms with van der Waals surface area (Å²) in [4.78, 5) is 16.0. The molecule has 2 heterocycles. The van der Waals surface area contributed by atoms with Crippen molar-refractivity contribution in [1.29, 1.82) is 0 Å². The van der Waals surface area contributed by atoms with Crippen LogP contribution in [0.1, 0.15) is 26.7 Å². The first-order valence-electron chi connectivity index (χ1n) is 7.42. The Morgan fingerprint density at radius 3 is 2.89 bits per heavy atom. The number of likely N-dealkylation sites (N-methyl/N-ethyl adjacent to an activating group) is 1. The molecule has 2 rings (SSSR count). The fourth-order valence-electron chi connectivity index (χ4n) is 2.90. The zero-order valence-corrected chi connectivity index (χ0v) is 12.4. The molecule has 19 heavy (non-hydrogen) atoms. The van der Waals surface area contributed by atoms with Gasteiger partial charge in [0.1, 0.15) is 0 Å². The molecule has 0 aliphatic carbocycles. The SMILES string of the molecule is CC(C)CC1CN(CCC2CNCCO2)C(=O)N1C. The van der Waals surface area contributed by atoms with Crippen molar-refractivity contribution in [3.8, 4) is 0 Å². The fourth-order valence-corrected chi connectivity index (χ4v) is 2.90. The van der Waals surface area contributed by atoms with Crippen molar-refractivity contribution in [3.63, 3.8) is 0 Å². The van der Waals surface area contributed by atoms with Crippen molar-refractivity contribution in [2.45, 2.75) is 38.8 Å². The van der Waals surface area contributed by atoms with Crippen LogP contribution in [-0.4, -0.2) is 67.8 Å². The lowest BCUT2D eigenvalue weighted by molar-refractivity contribution is 0.0200. The van der Waals surface area contributed by atoms with Gasteiger partial charge in [0.25, 0.3) is 0 Å². The minimum atomic E-state index is 0.175. The first kappa shape index (κ1) is 14.6. The molecule has 0 aromatic heterocycles. The summed E-state index contributed by atoms with van der Waals surface area (Å²) in [6, 6.07) is 0.548. The molecule has 0 spiro atoms. The number of morpholine rings is 1. The number of nitrogens with zero attached hydrogens (tertiary/aromatic N) is 2. The van der Waals surface area contributed by atoms with Crippen LogP contribution in [0, 0.1) is 5.92 Å². The number of hydrogen-bond acceptors (Lipinski definition) is 3. The van der Waals surface area contributed by atoms with Gasteiger partial charge in [0.15, 0.2) is 0 Å². The molecule has 2 saturated heterocycles. The zero-order chi connectivity index (χ0) is 13.8. The second-order valence-corrected chi connectivity index (χ2v) is 6.11. The van der Waals surface area contributed by atoms with Crippen LogP contribution in [-0.2, 0) is 4.74 Å². The summed E-state index contributed by atoms with van der Waals surface area (Å²) in [6.07, 6.45) is 2.28. The van der Waals surface area contributed by atoms with Gasteiger partial charge in [-0.2, -0.15) is 0 Å². The maximum absolute atomic E-state index is 12.2. The van der Waals surface area contributed by atoms with Gasteiger partial charge in [0.2, 0.25) is 0 Å². The smallest absolute Gasteiger partial charge is 0.320 e. The van der Waals surface area contributed by atoms with E-state index in [9.17, 15) is 4.79 Å². The van der Waals surface area contributed by atoms with E-state index in [1.54, 1.807) is 0 Å². The van der Waals surface area contributed by atoms with Crippen LogP contribution < -0.4 is 5.32 Å². The lowest BCUT2D eigenvalue weighted by Gasteiger charge is -2.25. The molecule has 2 unspecified atom stereocenters. The molecular weight excluding hydrogens is 242 g/mol. The number of carbonyl (C=O) groups excluding carboxylic acids is 1. The average Bonchev–Trinajstić information content (AvgIpc) is 2.65. The highest BCUT2D eigenvalue weighted by Crippen LogP contribution is 2.20. The molecule has 0 saturated carbocycles. The number of carbonyl (C=O) groups is 1. The molecule has 2 aliphatic rings. The van der Waals surface area contributed by atoms with Crippen LogP contribution in [0.25, 0.3) is 0 Å². The van der Waals surface area contributed by atoms with Crippen LogP contribution in [0.15, 0.2) is 0 Å². The molecular formula is C14H27N3O2. The monoisotopic (exact) mass is 269 g/mol. The van der Waals surface area contributed by atoms with Gasteiger partial charge in [-0.25, -0.2) is 4.79 Å². The van der Waals surface area contributed by atoms with Crippen molar-refractivity contribution < 1.29 is 9.53 Å². The van der Waals surface area contributed by atoms with Gasteiger partial charge in [-0.05, 0) is 18.8 Å². The van der Waals surface area contributed by atoms with Crippen LogP contribution in [0.5, 0.6) is 0 Å². The molecule has 2 fully saturated rings. The summed E-state index contributed by atoms with van der Waals surface area (Å²) >= 11 is 0. The maximum Gasteiger partial charge on any atom is 0.320 e. The molecule has 110 valence electrons. The van der Waals surface area contributed by atoms with Gasteiger partial charge in [0.05, 0.1) is 18.8 Å². The van der Waals surface area contributed by atoms with Gasteiger partial charge in [-0.15, -0.1) is 0 Å². The second-order valence-electron chi connectivity index (χ2n) is 6.11. The topological polar surface area (TPSA) is 44.8 Å². The summed E-state index contributed by atoms with van der Waals surface area (Å²) in [5, 5.41) is 3.33. The van der Waals surface area contributed by atoms with Crippen molar-refractivity contribution in [2.75, 3.05) is 39.8 Å². The van der Waals surface area contributed by atoms with E-state index < -0.39 is 0 Å². The number of amides is 2. The molecule has 5 nitrogen and oxygen atoms in total. The van der Waals surface area contributed by atoms with Crippen molar-refractivity contribution in [1.82, 2.24) is 15.1 Å². The largest absolute Gasteiger partial charge is 0.376 e. The van der Waals surface area contributed by atoms with Crippen LogP contribution in [0.2, 0.25) is 0 Å². The van der Waals surface area contributed by atoms with Crippen molar-refractivity contribution in [2.24, 2.45) is 5.92 Å². The van der Waals surface area contributed by atoms with E-state index in [0.29, 0.717) is 12.0 Å². The van der Waals surface area contributed by atoms with Crippen LogP contribution >= 0.6 is 0 Å². The van der Waals surface area contributed by atoms with Gasteiger partial charge in [-0.1, -0.05) is 13.8 Å². The van der Waals surface area contributed by atoms with E-state index in [2.05, 4.69) is 19.2 Å². The Labute approximate surface area is 116 Å². The van der Waals surface area contributed by atoms with E-state index >= 15 is 0 Å². The van der Waals surface area contributed by atoms with Gasteiger partial charge >= 0.3 is 6.03 Å². The lowest BCUT2D eigenvalue weighted by atomic mass is 10.0. The molecule has 0 aromatic rings. The normalized spacial score (nSPS) is 28.5. The Morgan fingerprint density at radius 1 is 1.47 bits per heavy atom. The average molecular weight is 269 g/mol. The van der Waals surface area contributed by atoms with Crippen LogP contribution in [0.4, 0.5) is 4.79 Å². The predicted octanol–water partition coefficient (Wildman–Crippen LogP) is 1.15. The third kappa shape index (κ3) is 3.83. The summed E-state index contributed by atoms with van der Waals surface area (Å²) in [5.74, 6) is 0.631. The first-order chi connectivity index (χ1) is 9.08. The molecule has 0 radical (unpaired) electrons. The Balaban J connectivity index is 1.78. The Bertz CT molecular complexity index is 303. The third-order valence-corrected chi connectivity index (χ3v) is 4.02. The lowest BCUT2D eigenvalue weighted by Crippen LogP contribution is -2.41. The first-order valence-corrected chi connectivity index (χ1v) is 7.42. The predicted molar refractivity (Wildman–Crippen MR) is 75.2 cm³/mol. The van der Waals surface area contributed by atoms with E-state index in [1.807, 2.05) is 16.8 Å². The van der Waals surface area contributed by atoms with Gasteiger partial charge in [0, 0.05) is 33.2 Å². The highest BCUT2D eigenvalue weighted by molar-refractivity contribution is 5.76. The molecule has 2 aliphatic heterocycles. The van der Waals surface area contributed by atoms with E-state index in [1.165, 1.54) is 0 Å². The zero-order valence-electron chi connectivity index (χ0n) is 12.4. The van der Waals surface area contributed by atoms with E-state index in [-0.39, 0.29) is 12.1 Å². The Kier molecular flexibility index (Phi) is 5.05. The quantitative estimate of drug-likeness (QED) is 0.814. The number of urea groups is 1. The van der Waals surface area contributed by atoms with E-state index in [4.69, 9.17) is 4.74 Å².